The van der Waals surface area contributed by atoms with Crippen molar-refractivity contribution in [2.75, 3.05) is 11.9 Å². The Kier molecular flexibility index (Phi) is 4.00. The number of aromatic nitrogens is 2. The van der Waals surface area contributed by atoms with Crippen LogP contribution in [0.25, 0.3) is 0 Å². The van der Waals surface area contributed by atoms with Gasteiger partial charge in [-0.3, -0.25) is 5.32 Å². The molecule has 1 saturated carbocycles. The van der Waals surface area contributed by atoms with Crippen LogP contribution in [-0.4, -0.2) is 27.3 Å². The average Bonchev–Trinajstić information content (AvgIpc) is 3.15. The van der Waals surface area contributed by atoms with Crippen LogP contribution in [0.15, 0.2) is 36.5 Å². The monoisotopic (exact) mass is 324 g/mol. The lowest BCUT2D eigenvalue weighted by atomic mass is 9.93. The van der Waals surface area contributed by atoms with E-state index in [1.807, 2.05) is 15.6 Å². The van der Waals surface area contributed by atoms with E-state index in [0.717, 1.165) is 38.0 Å². The summed E-state index contributed by atoms with van der Waals surface area (Å²) in [5.41, 5.74) is 2.47. The fraction of sp³-hybridized carbons (Fsp3) is 0.474. The highest BCUT2D eigenvalue weighted by molar-refractivity contribution is 5.89. The minimum Gasteiger partial charge on any atom is -0.317 e. The number of rotatable bonds is 3. The van der Waals surface area contributed by atoms with Crippen molar-refractivity contribution in [2.45, 2.75) is 51.1 Å². The standard InChI is InChI=1S/C19H24N4O/c1-14-5-2-6-15(13-14)17-9-4-12-22(17)19(24)21-18-10-11-20-23(18)16-7-3-8-16/h2,5-6,10-11,13,16-17H,3-4,7-9,12H2,1H3,(H,21,24). The number of amides is 2. The Hall–Kier alpha value is -2.30. The second-order valence-electron chi connectivity index (χ2n) is 6.94. The lowest BCUT2D eigenvalue weighted by molar-refractivity contribution is 0.206. The second-order valence-corrected chi connectivity index (χ2v) is 6.94. The molecule has 1 aliphatic heterocycles. The highest BCUT2D eigenvalue weighted by atomic mass is 16.2. The maximum atomic E-state index is 12.8. The molecule has 1 saturated heterocycles. The van der Waals surface area contributed by atoms with Gasteiger partial charge in [0.05, 0.1) is 18.3 Å². The number of aryl methyl sites for hydroxylation is 1. The summed E-state index contributed by atoms with van der Waals surface area (Å²) in [6, 6.07) is 11.0. The Morgan fingerprint density at radius 3 is 2.83 bits per heavy atom. The van der Waals surface area contributed by atoms with E-state index in [1.165, 1.54) is 17.5 Å². The van der Waals surface area contributed by atoms with Gasteiger partial charge in [-0.25, -0.2) is 9.48 Å². The largest absolute Gasteiger partial charge is 0.323 e. The third-order valence-corrected chi connectivity index (χ3v) is 5.27. The molecule has 2 amide bonds. The van der Waals surface area contributed by atoms with Gasteiger partial charge in [-0.05, 0) is 44.6 Å². The van der Waals surface area contributed by atoms with Crippen molar-refractivity contribution in [1.82, 2.24) is 14.7 Å². The smallest absolute Gasteiger partial charge is 0.317 e. The molecule has 1 aliphatic carbocycles. The molecule has 0 radical (unpaired) electrons. The molecule has 0 spiro atoms. The van der Waals surface area contributed by atoms with Crippen LogP contribution in [0.1, 0.15) is 55.3 Å². The van der Waals surface area contributed by atoms with Crippen LogP contribution in [0.3, 0.4) is 0 Å². The van der Waals surface area contributed by atoms with Crippen LogP contribution >= 0.6 is 0 Å². The third-order valence-electron chi connectivity index (χ3n) is 5.27. The Morgan fingerprint density at radius 2 is 2.08 bits per heavy atom. The number of benzene rings is 1. The Bertz CT molecular complexity index is 734. The van der Waals surface area contributed by atoms with E-state index in [4.69, 9.17) is 0 Å². The first-order valence-electron chi connectivity index (χ1n) is 8.90. The lowest BCUT2D eigenvalue weighted by Crippen LogP contribution is -2.35. The molecule has 1 N–H and O–H groups in total. The second kappa shape index (κ2) is 6.30. The van der Waals surface area contributed by atoms with Crippen LogP contribution in [0.2, 0.25) is 0 Å². The SMILES string of the molecule is Cc1cccc(C2CCCN2C(=O)Nc2ccnn2C2CCC2)c1. The number of carbonyl (C=O) groups is 1. The summed E-state index contributed by atoms with van der Waals surface area (Å²) >= 11 is 0. The number of urea groups is 1. The normalized spacial score (nSPS) is 20.9. The molecule has 1 unspecified atom stereocenters. The Labute approximate surface area is 142 Å². The molecule has 1 aromatic carbocycles. The van der Waals surface area contributed by atoms with Crippen LogP contribution in [0.4, 0.5) is 10.6 Å². The zero-order chi connectivity index (χ0) is 16.5. The van der Waals surface area contributed by atoms with E-state index in [0.29, 0.717) is 6.04 Å². The van der Waals surface area contributed by atoms with Crippen molar-refractivity contribution >= 4 is 11.8 Å². The quantitative estimate of drug-likeness (QED) is 0.916. The average molecular weight is 324 g/mol. The first kappa shape index (κ1) is 15.2. The van der Waals surface area contributed by atoms with E-state index in [2.05, 4.69) is 41.6 Å². The molecule has 2 aliphatic rings. The van der Waals surface area contributed by atoms with Gasteiger partial charge < -0.3 is 4.90 Å². The molecular weight excluding hydrogens is 300 g/mol. The van der Waals surface area contributed by atoms with Gasteiger partial charge in [0.2, 0.25) is 0 Å². The number of nitrogens with one attached hydrogen (secondary N) is 1. The molecule has 1 atom stereocenters. The van der Waals surface area contributed by atoms with Crippen molar-refractivity contribution in [1.29, 1.82) is 0 Å². The van der Waals surface area contributed by atoms with Crippen molar-refractivity contribution < 1.29 is 4.79 Å². The summed E-state index contributed by atoms with van der Waals surface area (Å²) < 4.78 is 1.97. The van der Waals surface area contributed by atoms with Gasteiger partial charge in [0, 0.05) is 12.6 Å². The maximum Gasteiger partial charge on any atom is 0.323 e. The number of nitrogens with zero attached hydrogens (tertiary/aromatic N) is 3. The fourth-order valence-electron chi connectivity index (χ4n) is 3.75. The minimum atomic E-state index is -0.0138. The van der Waals surface area contributed by atoms with Crippen LogP contribution < -0.4 is 5.32 Å². The van der Waals surface area contributed by atoms with Crippen LogP contribution in [0, 0.1) is 6.92 Å². The molecule has 4 rings (SSSR count). The van der Waals surface area contributed by atoms with E-state index < -0.39 is 0 Å². The van der Waals surface area contributed by atoms with Crippen LogP contribution in [-0.2, 0) is 0 Å². The van der Waals surface area contributed by atoms with Crippen molar-refractivity contribution in [3.8, 4) is 0 Å². The van der Waals surface area contributed by atoms with Gasteiger partial charge in [0.25, 0.3) is 0 Å². The lowest BCUT2D eigenvalue weighted by Gasteiger charge is -2.29. The van der Waals surface area contributed by atoms with Gasteiger partial charge in [0.1, 0.15) is 5.82 Å². The minimum absolute atomic E-state index is 0.0138. The molecule has 0 bridgehead atoms. The van der Waals surface area contributed by atoms with Gasteiger partial charge in [0.15, 0.2) is 0 Å². The summed E-state index contributed by atoms with van der Waals surface area (Å²) in [5, 5.41) is 7.47. The first-order valence-corrected chi connectivity index (χ1v) is 8.90. The van der Waals surface area contributed by atoms with Gasteiger partial charge in [-0.2, -0.15) is 5.10 Å². The predicted molar refractivity (Wildman–Crippen MR) is 94.0 cm³/mol. The van der Waals surface area contributed by atoms with Gasteiger partial charge in [-0.15, -0.1) is 0 Å². The van der Waals surface area contributed by atoms with Gasteiger partial charge in [-0.1, -0.05) is 29.8 Å². The summed E-state index contributed by atoms with van der Waals surface area (Å²) in [4.78, 5) is 14.8. The molecule has 24 heavy (non-hydrogen) atoms. The number of hydrogen-bond donors (Lipinski definition) is 1. The molecule has 2 heterocycles. The number of anilines is 1. The molecule has 2 fully saturated rings. The Balaban J connectivity index is 1.50. The summed E-state index contributed by atoms with van der Waals surface area (Å²) in [7, 11) is 0. The van der Waals surface area contributed by atoms with Gasteiger partial charge >= 0.3 is 6.03 Å². The molecule has 5 nitrogen and oxygen atoms in total. The van der Waals surface area contributed by atoms with Crippen molar-refractivity contribution in [3.05, 3.63) is 47.7 Å². The predicted octanol–water partition coefficient (Wildman–Crippen LogP) is 4.29. The maximum absolute atomic E-state index is 12.8. The topological polar surface area (TPSA) is 50.2 Å². The summed E-state index contributed by atoms with van der Waals surface area (Å²) in [6.07, 6.45) is 7.41. The fourth-order valence-corrected chi connectivity index (χ4v) is 3.75. The van der Waals surface area contributed by atoms with Crippen molar-refractivity contribution in [3.63, 3.8) is 0 Å². The molecule has 5 heteroatoms. The van der Waals surface area contributed by atoms with E-state index in [1.54, 1.807) is 6.20 Å². The van der Waals surface area contributed by atoms with Crippen molar-refractivity contribution in [2.24, 2.45) is 0 Å². The Morgan fingerprint density at radius 1 is 1.21 bits per heavy atom. The summed E-state index contributed by atoms with van der Waals surface area (Å²) in [6.45, 7) is 2.90. The molecule has 126 valence electrons. The number of hydrogen-bond acceptors (Lipinski definition) is 2. The molecule has 2 aromatic rings. The van der Waals surface area contributed by atoms with E-state index in [9.17, 15) is 4.79 Å². The molecule has 1 aromatic heterocycles. The van der Waals surface area contributed by atoms with E-state index >= 15 is 0 Å². The highest BCUT2D eigenvalue weighted by Gasteiger charge is 2.31. The zero-order valence-corrected chi connectivity index (χ0v) is 14.1. The zero-order valence-electron chi connectivity index (χ0n) is 14.1. The number of likely N-dealkylation sites (tertiary alicyclic amines) is 1. The molecular formula is C19H24N4O. The summed E-state index contributed by atoms with van der Waals surface area (Å²) in [5.74, 6) is 0.819. The first-order chi connectivity index (χ1) is 11.7. The highest BCUT2D eigenvalue weighted by Crippen LogP contribution is 2.35. The number of carbonyl (C=O) groups excluding carboxylic acids is 1. The van der Waals surface area contributed by atoms with E-state index in [-0.39, 0.29) is 12.1 Å². The van der Waals surface area contributed by atoms with Crippen LogP contribution in [0.5, 0.6) is 0 Å². The third kappa shape index (κ3) is 2.79.